The molecule has 2 aromatic rings. The molecule has 0 unspecified atom stereocenters. The fourth-order valence-corrected chi connectivity index (χ4v) is 5.13. The lowest BCUT2D eigenvalue weighted by molar-refractivity contribution is -0.385. The molecule has 184 valence electrons. The summed E-state index contributed by atoms with van der Waals surface area (Å²) in [6.45, 7) is 3.29. The molecule has 1 aliphatic heterocycles. The summed E-state index contributed by atoms with van der Waals surface area (Å²) in [5.41, 5.74) is 0.510. The number of morpholine rings is 1. The molecule has 0 atom stereocenters. The van der Waals surface area contributed by atoms with E-state index in [4.69, 9.17) is 14.2 Å². The second-order valence-electron chi connectivity index (χ2n) is 7.43. The predicted octanol–water partition coefficient (Wildman–Crippen LogP) is 2.09. The van der Waals surface area contributed by atoms with E-state index in [1.54, 1.807) is 31.2 Å². The van der Waals surface area contributed by atoms with Crippen molar-refractivity contribution in [3.05, 3.63) is 63.2 Å². The molecular formula is C22H27N3O8S. The minimum atomic E-state index is -3.57. The Morgan fingerprint density at radius 2 is 1.85 bits per heavy atom. The maximum absolute atomic E-state index is 12.9. The van der Waals surface area contributed by atoms with Crippen molar-refractivity contribution >= 4 is 21.6 Å². The zero-order valence-corrected chi connectivity index (χ0v) is 19.8. The first-order valence-corrected chi connectivity index (χ1v) is 12.3. The number of amides is 1. The lowest BCUT2D eigenvalue weighted by Gasteiger charge is -2.26. The summed E-state index contributed by atoms with van der Waals surface area (Å²) in [5.74, 6) is -0.571. The SMILES string of the molecule is CCOc1cc(C(=O)NCc2ccccc2CS(=O)(=O)N2CCOCC2)c([N+](=O)[O-])cc1OC. The van der Waals surface area contributed by atoms with Gasteiger partial charge in [0.15, 0.2) is 11.5 Å². The summed E-state index contributed by atoms with van der Waals surface area (Å²) >= 11 is 0. The third kappa shape index (κ3) is 6.01. The molecule has 1 saturated heterocycles. The number of benzene rings is 2. The summed E-state index contributed by atoms with van der Waals surface area (Å²) in [6.07, 6.45) is 0. The van der Waals surface area contributed by atoms with E-state index in [2.05, 4.69) is 5.32 Å². The van der Waals surface area contributed by atoms with Gasteiger partial charge < -0.3 is 19.5 Å². The maximum Gasteiger partial charge on any atom is 0.286 e. The molecule has 1 amide bonds. The highest BCUT2D eigenvalue weighted by atomic mass is 32.2. The molecule has 1 fully saturated rings. The van der Waals surface area contributed by atoms with Crippen LogP contribution in [0.5, 0.6) is 11.5 Å². The first kappa shape index (κ1) is 25.4. The normalized spacial score (nSPS) is 14.4. The van der Waals surface area contributed by atoms with E-state index < -0.39 is 26.5 Å². The van der Waals surface area contributed by atoms with Crippen molar-refractivity contribution in [1.29, 1.82) is 0 Å². The number of hydrogen-bond donors (Lipinski definition) is 1. The molecule has 1 heterocycles. The van der Waals surface area contributed by atoms with Crippen molar-refractivity contribution in [3.63, 3.8) is 0 Å². The quantitative estimate of drug-likeness (QED) is 0.392. The molecule has 0 aromatic heterocycles. The van der Waals surface area contributed by atoms with E-state index in [1.165, 1.54) is 17.5 Å². The van der Waals surface area contributed by atoms with Gasteiger partial charge in [-0.15, -0.1) is 0 Å². The van der Waals surface area contributed by atoms with E-state index in [-0.39, 0.29) is 36.0 Å². The van der Waals surface area contributed by atoms with Crippen molar-refractivity contribution < 1.29 is 32.3 Å². The number of methoxy groups -OCH3 is 1. The lowest BCUT2D eigenvalue weighted by atomic mass is 10.1. The largest absolute Gasteiger partial charge is 0.493 e. The Balaban J connectivity index is 1.80. The third-order valence-corrected chi connectivity index (χ3v) is 7.11. The van der Waals surface area contributed by atoms with Crippen LogP contribution in [0.3, 0.4) is 0 Å². The van der Waals surface area contributed by atoms with Crippen molar-refractivity contribution in [2.24, 2.45) is 0 Å². The average molecular weight is 494 g/mol. The number of nitro benzene ring substituents is 1. The Labute approximate surface area is 197 Å². The van der Waals surface area contributed by atoms with Crippen molar-refractivity contribution in [2.45, 2.75) is 19.2 Å². The Morgan fingerprint density at radius 3 is 2.47 bits per heavy atom. The van der Waals surface area contributed by atoms with Crippen molar-refractivity contribution in [2.75, 3.05) is 40.0 Å². The average Bonchev–Trinajstić information content (AvgIpc) is 2.83. The van der Waals surface area contributed by atoms with E-state index >= 15 is 0 Å². The number of nitrogens with zero attached hydrogens (tertiary/aromatic N) is 2. The van der Waals surface area contributed by atoms with Gasteiger partial charge in [-0.1, -0.05) is 24.3 Å². The summed E-state index contributed by atoms with van der Waals surface area (Å²) < 4.78 is 42.8. The number of nitro groups is 1. The molecule has 0 saturated carbocycles. The van der Waals surface area contributed by atoms with Crippen LogP contribution in [0.1, 0.15) is 28.4 Å². The van der Waals surface area contributed by atoms with Crippen LogP contribution in [-0.4, -0.2) is 63.6 Å². The number of hydrogen-bond acceptors (Lipinski definition) is 8. The summed E-state index contributed by atoms with van der Waals surface area (Å²) in [5, 5.41) is 14.2. The zero-order valence-electron chi connectivity index (χ0n) is 19.0. The summed E-state index contributed by atoms with van der Waals surface area (Å²) in [7, 11) is -2.22. The van der Waals surface area contributed by atoms with Crippen LogP contribution in [0.2, 0.25) is 0 Å². The van der Waals surface area contributed by atoms with E-state index in [0.29, 0.717) is 37.4 Å². The minimum Gasteiger partial charge on any atom is -0.493 e. The summed E-state index contributed by atoms with van der Waals surface area (Å²) in [6, 6.07) is 9.25. The molecule has 0 radical (unpaired) electrons. The van der Waals surface area contributed by atoms with Gasteiger partial charge in [-0.25, -0.2) is 8.42 Å². The van der Waals surface area contributed by atoms with Crippen LogP contribution in [0.4, 0.5) is 5.69 Å². The predicted molar refractivity (Wildman–Crippen MR) is 123 cm³/mol. The van der Waals surface area contributed by atoms with Gasteiger partial charge in [0.25, 0.3) is 11.6 Å². The number of carbonyl (C=O) groups excluding carboxylic acids is 1. The zero-order chi connectivity index (χ0) is 24.7. The Morgan fingerprint density at radius 1 is 1.18 bits per heavy atom. The molecular weight excluding hydrogens is 466 g/mol. The molecule has 0 spiro atoms. The topological polar surface area (TPSA) is 137 Å². The molecule has 34 heavy (non-hydrogen) atoms. The monoisotopic (exact) mass is 493 g/mol. The maximum atomic E-state index is 12.9. The van der Waals surface area contributed by atoms with Gasteiger partial charge >= 0.3 is 0 Å². The van der Waals surface area contributed by atoms with Crippen molar-refractivity contribution in [1.82, 2.24) is 9.62 Å². The summed E-state index contributed by atoms with van der Waals surface area (Å²) in [4.78, 5) is 23.8. The second kappa shape index (κ2) is 11.3. The van der Waals surface area contributed by atoms with Gasteiger partial charge in [0.1, 0.15) is 5.56 Å². The highest BCUT2D eigenvalue weighted by Gasteiger charge is 2.27. The third-order valence-electron chi connectivity index (χ3n) is 5.28. The van der Waals surface area contributed by atoms with Gasteiger partial charge in [0.05, 0.1) is 43.7 Å². The van der Waals surface area contributed by atoms with Crippen LogP contribution < -0.4 is 14.8 Å². The number of carbonyl (C=O) groups is 1. The number of rotatable bonds is 10. The van der Waals surface area contributed by atoms with E-state index in [1.807, 2.05) is 0 Å². The molecule has 11 nitrogen and oxygen atoms in total. The van der Waals surface area contributed by atoms with Crippen LogP contribution in [0, 0.1) is 10.1 Å². The second-order valence-corrected chi connectivity index (χ2v) is 9.40. The van der Waals surface area contributed by atoms with Gasteiger partial charge in [-0.05, 0) is 18.1 Å². The van der Waals surface area contributed by atoms with Gasteiger partial charge in [0, 0.05) is 25.7 Å². The first-order chi connectivity index (χ1) is 16.3. The van der Waals surface area contributed by atoms with E-state index in [9.17, 15) is 23.3 Å². The molecule has 1 N–H and O–H groups in total. The molecule has 3 rings (SSSR count). The first-order valence-electron chi connectivity index (χ1n) is 10.7. The fourth-order valence-electron chi connectivity index (χ4n) is 3.56. The van der Waals surface area contributed by atoms with Gasteiger partial charge in [-0.2, -0.15) is 4.31 Å². The highest BCUT2D eigenvalue weighted by Crippen LogP contribution is 2.34. The fraction of sp³-hybridized carbons (Fsp3) is 0.409. The number of nitrogens with one attached hydrogen (secondary N) is 1. The minimum absolute atomic E-state index is 0.0131. The van der Waals surface area contributed by atoms with E-state index in [0.717, 1.165) is 6.07 Å². The number of ether oxygens (including phenoxy) is 3. The van der Waals surface area contributed by atoms with Crippen LogP contribution in [0.25, 0.3) is 0 Å². The molecule has 0 aliphatic carbocycles. The molecule has 1 aliphatic rings. The molecule has 2 aromatic carbocycles. The Hall–Kier alpha value is -3.22. The number of sulfonamides is 1. The smallest absolute Gasteiger partial charge is 0.286 e. The van der Waals surface area contributed by atoms with Crippen LogP contribution in [0.15, 0.2) is 36.4 Å². The Bertz CT molecular complexity index is 1150. The highest BCUT2D eigenvalue weighted by molar-refractivity contribution is 7.88. The van der Waals surface area contributed by atoms with Crippen molar-refractivity contribution in [3.8, 4) is 11.5 Å². The van der Waals surface area contributed by atoms with Gasteiger partial charge in [-0.3, -0.25) is 14.9 Å². The standard InChI is InChI=1S/C22H27N3O8S/c1-3-33-21-12-18(19(25(27)28)13-20(21)31-2)22(26)23-14-16-6-4-5-7-17(16)15-34(29,30)24-8-10-32-11-9-24/h4-7,12-13H,3,8-11,14-15H2,1-2H3,(H,23,26). The molecule has 12 heteroatoms. The van der Waals surface area contributed by atoms with Crippen LogP contribution in [-0.2, 0) is 27.1 Å². The van der Waals surface area contributed by atoms with Crippen LogP contribution >= 0.6 is 0 Å². The Kier molecular flexibility index (Phi) is 8.42. The van der Waals surface area contributed by atoms with Gasteiger partial charge in [0.2, 0.25) is 10.0 Å². The molecule has 0 bridgehead atoms. The lowest BCUT2D eigenvalue weighted by Crippen LogP contribution is -2.41.